The number of hydrogen-bond acceptors (Lipinski definition) is 2. The summed E-state index contributed by atoms with van der Waals surface area (Å²) in [6, 6.07) is 10.7. The van der Waals surface area contributed by atoms with Gasteiger partial charge in [-0.3, -0.25) is 4.79 Å². The number of aryl methyl sites for hydroxylation is 1. The Hall–Kier alpha value is -1.98. The third-order valence-corrected chi connectivity index (χ3v) is 5.39. The molecule has 3 rings (SSSR count). The normalized spacial score (nSPS) is 11.2. The first-order valence-corrected chi connectivity index (χ1v) is 8.51. The van der Waals surface area contributed by atoms with Crippen molar-refractivity contribution in [1.82, 2.24) is 4.57 Å². The fourth-order valence-corrected chi connectivity index (χ4v) is 4.03. The molecule has 0 unspecified atom stereocenters. The van der Waals surface area contributed by atoms with Crippen LogP contribution >= 0.6 is 23.4 Å². The van der Waals surface area contributed by atoms with Gasteiger partial charge in [0.15, 0.2) is 5.82 Å². The van der Waals surface area contributed by atoms with Crippen molar-refractivity contribution in [1.29, 1.82) is 0 Å². The second-order valence-corrected chi connectivity index (χ2v) is 7.03. The van der Waals surface area contributed by atoms with Gasteiger partial charge in [-0.25, -0.2) is 4.39 Å². The van der Waals surface area contributed by atoms with Crippen molar-refractivity contribution in [2.45, 2.75) is 30.2 Å². The number of hydrogen-bond donors (Lipinski definition) is 1. The highest BCUT2D eigenvalue weighted by Gasteiger charge is 2.18. The molecule has 0 saturated carbocycles. The molecule has 3 aromatic rings. The van der Waals surface area contributed by atoms with Gasteiger partial charge in [-0.15, -0.1) is 0 Å². The Morgan fingerprint density at radius 3 is 2.75 bits per heavy atom. The van der Waals surface area contributed by atoms with Crippen LogP contribution in [-0.2, 0) is 11.3 Å². The van der Waals surface area contributed by atoms with Crippen LogP contribution in [0, 0.1) is 19.7 Å². The van der Waals surface area contributed by atoms with E-state index in [1.165, 1.54) is 17.8 Å². The lowest BCUT2D eigenvalue weighted by Gasteiger charge is -2.06. The van der Waals surface area contributed by atoms with E-state index in [2.05, 4.69) is 0 Å². The predicted octanol–water partition coefficient (Wildman–Crippen LogP) is 5.29. The molecule has 124 valence electrons. The molecule has 0 radical (unpaired) electrons. The second-order valence-electron chi connectivity index (χ2n) is 5.57. The zero-order chi connectivity index (χ0) is 17.4. The van der Waals surface area contributed by atoms with E-state index >= 15 is 0 Å². The SMILES string of the molecule is Cc1ccc2c(c1)c(Sc1cccc(Cl)c1F)c(C)n2CC(=O)O. The van der Waals surface area contributed by atoms with E-state index < -0.39 is 11.8 Å². The maximum absolute atomic E-state index is 14.3. The molecule has 1 heterocycles. The first-order chi connectivity index (χ1) is 11.4. The van der Waals surface area contributed by atoms with E-state index in [0.29, 0.717) is 4.90 Å². The third kappa shape index (κ3) is 3.01. The van der Waals surface area contributed by atoms with Gasteiger partial charge in [-0.1, -0.05) is 41.1 Å². The van der Waals surface area contributed by atoms with Gasteiger partial charge >= 0.3 is 5.97 Å². The van der Waals surface area contributed by atoms with E-state index in [4.69, 9.17) is 11.6 Å². The van der Waals surface area contributed by atoms with Gasteiger partial charge in [0.05, 0.1) is 5.02 Å². The third-order valence-electron chi connectivity index (χ3n) is 3.84. The Morgan fingerprint density at radius 2 is 2.04 bits per heavy atom. The lowest BCUT2D eigenvalue weighted by Crippen LogP contribution is -2.09. The van der Waals surface area contributed by atoms with Gasteiger partial charge < -0.3 is 9.67 Å². The van der Waals surface area contributed by atoms with Crippen molar-refractivity contribution < 1.29 is 14.3 Å². The molecular weight excluding hydrogens is 349 g/mol. The number of aromatic nitrogens is 1. The molecule has 2 aromatic carbocycles. The van der Waals surface area contributed by atoms with Crippen LogP contribution in [0.5, 0.6) is 0 Å². The van der Waals surface area contributed by atoms with Gasteiger partial charge in [0.2, 0.25) is 0 Å². The summed E-state index contributed by atoms with van der Waals surface area (Å²) in [5.74, 6) is -1.38. The predicted molar refractivity (Wildman–Crippen MR) is 94.6 cm³/mol. The summed E-state index contributed by atoms with van der Waals surface area (Å²) in [5.41, 5.74) is 2.68. The Morgan fingerprint density at radius 1 is 1.29 bits per heavy atom. The van der Waals surface area contributed by atoms with Crippen molar-refractivity contribution in [3.63, 3.8) is 0 Å². The van der Waals surface area contributed by atoms with Crippen LogP contribution in [-0.4, -0.2) is 15.6 Å². The first kappa shape index (κ1) is 16.9. The standard InChI is InChI=1S/C18H15ClFNO2S/c1-10-6-7-14-12(8-10)18(11(2)21(14)9-16(22)23)24-15-5-3-4-13(19)17(15)20/h3-8H,9H2,1-2H3,(H,22,23). The summed E-state index contributed by atoms with van der Waals surface area (Å²) in [5, 5.41) is 10.2. The lowest BCUT2D eigenvalue weighted by atomic mass is 10.2. The van der Waals surface area contributed by atoms with Crippen LogP contribution in [0.2, 0.25) is 5.02 Å². The minimum Gasteiger partial charge on any atom is -0.480 e. The van der Waals surface area contributed by atoms with Crippen molar-refractivity contribution in [3.8, 4) is 0 Å². The monoisotopic (exact) mass is 363 g/mol. The molecule has 3 nitrogen and oxygen atoms in total. The molecule has 1 aromatic heterocycles. The van der Waals surface area contributed by atoms with E-state index in [9.17, 15) is 14.3 Å². The summed E-state index contributed by atoms with van der Waals surface area (Å²) >= 11 is 7.13. The van der Waals surface area contributed by atoms with Gasteiger partial charge in [0.1, 0.15) is 6.54 Å². The molecule has 0 aliphatic carbocycles. The van der Waals surface area contributed by atoms with E-state index in [1.54, 1.807) is 16.7 Å². The minimum absolute atomic E-state index is 0.0723. The molecule has 0 atom stereocenters. The van der Waals surface area contributed by atoms with Crippen molar-refractivity contribution in [2.24, 2.45) is 0 Å². The summed E-state index contributed by atoms with van der Waals surface area (Å²) in [6.07, 6.45) is 0. The summed E-state index contributed by atoms with van der Waals surface area (Å²) in [4.78, 5) is 12.5. The first-order valence-electron chi connectivity index (χ1n) is 7.31. The Kier molecular flexibility index (Phi) is 4.56. The molecule has 0 amide bonds. The van der Waals surface area contributed by atoms with Gasteiger partial charge in [0, 0.05) is 26.4 Å². The van der Waals surface area contributed by atoms with Crippen molar-refractivity contribution in [2.75, 3.05) is 0 Å². The molecule has 24 heavy (non-hydrogen) atoms. The molecule has 1 N–H and O–H groups in total. The number of carbonyl (C=O) groups is 1. The fraction of sp³-hybridized carbons (Fsp3) is 0.167. The minimum atomic E-state index is -0.916. The molecule has 0 bridgehead atoms. The van der Waals surface area contributed by atoms with E-state index in [-0.39, 0.29) is 11.6 Å². The van der Waals surface area contributed by atoms with Crippen LogP contribution in [0.15, 0.2) is 46.2 Å². The maximum atomic E-state index is 14.3. The Labute approximate surface area is 148 Å². The molecule has 6 heteroatoms. The number of aliphatic carboxylic acids is 1. The topological polar surface area (TPSA) is 42.2 Å². The number of halogens is 2. The highest BCUT2D eigenvalue weighted by atomic mass is 35.5. The average Bonchev–Trinajstić information content (AvgIpc) is 2.76. The molecule has 0 aliphatic heterocycles. The van der Waals surface area contributed by atoms with Crippen molar-refractivity contribution in [3.05, 3.63) is 58.5 Å². The highest BCUT2D eigenvalue weighted by Crippen LogP contribution is 2.40. The average molecular weight is 364 g/mol. The fourth-order valence-electron chi connectivity index (χ4n) is 2.71. The highest BCUT2D eigenvalue weighted by molar-refractivity contribution is 7.99. The number of fused-ring (bicyclic) bond motifs is 1. The van der Waals surface area contributed by atoms with Crippen LogP contribution in [0.3, 0.4) is 0 Å². The van der Waals surface area contributed by atoms with Gasteiger partial charge in [-0.05, 0) is 38.1 Å². The van der Waals surface area contributed by atoms with E-state index in [1.807, 2.05) is 32.0 Å². The quantitative estimate of drug-likeness (QED) is 0.685. The van der Waals surface area contributed by atoms with Crippen LogP contribution < -0.4 is 0 Å². The molecule has 0 spiro atoms. The van der Waals surface area contributed by atoms with Crippen LogP contribution in [0.4, 0.5) is 4.39 Å². The number of rotatable bonds is 4. The molecular formula is C18H15ClFNO2S. The Bertz CT molecular complexity index is 952. The van der Waals surface area contributed by atoms with Gasteiger partial charge in [-0.2, -0.15) is 0 Å². The number of carboxylic acids is 1. The van der Waals surface area contributed by atoms with Crippen LogP contribution in [0.25, 0.3) is 10.9 Å². The number of benzene rings is 2. The van der Waals surface area contributed by atoms with Crippen molar-refractivity contribution >= 4 is 40.2 Å². The molecule has 0 aliphatic rings. The molecule has 0 saturated heterocycles. The second kappa shape index (κ2) is 6.49. The maximum Gasteiger partial charge on any atom is 0.323 e. The summed E-state index contributed by atoms with van der Waals surface area (Å²) < 4.78 is 16.0. The summed E-state index contributed by atoms with van der Waals surface area (Å²) in [7, 11) is 0. The Balaban J connectivity index is 2.19. The number of carboxylic acid groups (broad SMARTS) is 1. The molecule has 0 fully saturated rings. The summed E-state index contributed by atoms with van der Waals surface area (Å²) in [6.45, 7) is 3.69. The smallest absolute Gasteiger partial charge is 0.323 e. The number of nitrogens with zero attached hydrogens (tertiary/aromatic N) is 1. The van der Waals surface area contributed by atoms with Gasteiger partial charge in [0.25, 0.3) is 0 Å². The lowest BCUT2D eigenvalue weighted by molar-refractivity contribution is -0.137. The zero-order valence-corrected chi connectivity index (χ0v) is 14.7. The van der Waals surface area contributed by atoms with Crippen LogP contribution in [0.1, 0.15) is 11.3 Å². The zero-order valence-electron chi connectivity index (χ0n) is 13.1. The van der Waals surface area contributed by atoms with E-state index in [0.717, 1.165) is 27.1 Å². The largest absolute Gasteiger partial charge is 0.480 e.